The van der Waals surface area contributed by atoms with Gasteiger partial charge in [-0.2, -0.15) is 0 Å². The Kier molecular flexibility index (Phi) is 2.90. The predicted octanol–water partition coefficient (Wildman–Crippen LogP) is 1.79. The first-order valence-corrected chi connectivity index (χ1v) is 5.83. The lowest BCUT2D eigenvalue weighted by Gasteiger charge is -2.09. The molecule has 0 aliphatic heterocycles. The van der Waals surface area contributed by atoms with Gasteiger partial charge in [0.2, 0.25) is 0 Å². The van der Waals surface area contributed by atoms with Crippen LogP contribution in [0, 0.1) is 5.92 Å². The maximum atomic E-state index is 11.9. The van der Waals surface area contributed by atoms with Crippen molar-refractivity contribution >= 4 is 11.6 Å². The van der Waals surface area contributed by atoms with Gasteiger partial charge in [-0.15, -0.1) is 0 Å². The first-order valence-electron chi connectivity index (χ1n) is 5.83. The molecule has 0 bridgehead atoms. The molecule has 1 fully saturated rings. The van der Waals surface area contributed by atoms with Gasteiger partial charge in [0.1, 0.15) is 5.69 Å². The summed E-state index contributed by atoms with van der Waals surface area (Å²) in [5.41, 5.74) is 7.10. The van der Waals surface area contributed by atoms with Crippen molar-refractivity contribution in [2.75, 3.05) is 12.3 Å². The molecule has 0 aromatic carbocycles. The maximum Gasteiger partial charge on any atom is 0.268 e. The van der Waals surface area contributed by atoms with E-state index in [0.717, 1.165) is 12.8 Å². The lowest BCUT2D eigenvalue weighted by atomic mass is 10.2. The zero-order valence-corrected chi connectivity index (χ0v) is 9.86. The first kappa shape index (κ1) is 11.0. The van der Waals surface area contributed by atoms with Gasteiger partial charge in [-0.3, -0.25) is 4.79 Å². The molecule has 1 aliphatic rings. The average Bonchev–Trinajstić information content (AvgIpc) is 2.98. The van der Waals surface area contributed by atoms with Gasteiger partial charge in [0.05, 0.1) is 5.69 Å². The molecular weight excluding hydrogens is 202 g/mol. The minimum absolute atomic E-state index is 0.0164. The zero-order valence-electron chi connectivity index (χ0n) is 9.86. The van der Waals surface area contributed by atoms with E-state index in [2.05, 4.69) is 19.2 Å². The molecule has 0 radical (unpaired) electrons. The summed E-state index contributed by atoms with van der Waals surface area (Å²) in [5.74, 6) is 0.447. The van der Waals surface area contributed by atoms with Gasteiger partial charge in [0, 0.05) is 18.8 Å². The van der Waals surface area contributed by atoms with Crippen molar-refractivity contribution in [1.29, 1.82) is 0 Å². The summed E-state index contributed by atoms with van der Waals surface area (Å²) in [6.07, 6.45) is 4.17. The van der Waals surface area contributed by atoms with Gasteiger partial charge in [-0.1, -0.05) is 13.8 Å². The predicted molar refractivity (Wildman–Crippen MR) is 64.3 cm³/mol. The number of nitrogens with two attached hydrogens (primary N) is 1. The second-order valence-corrected chi connectivity index (χ2v) is 4.90. The fourth-order valence-electron chi connectivity index (χ4n) is 1.72. The number of carbonyl (C=O) groups is 1. The van der Waals surface area contributed by atoms with Crippen molar-refractivity contribution in [2.45, 2.75) is 32.7 Å². The SMILES string of the molecule is CC(C)CNC(=O)c1cc(N)cn1C1CC1. The van der Waals surface area contributed by atoms with Gasteiger partial charge in [-0.05, 0) is 24.8 Å². The molecule has 0 saturated heterocycles. The Morgan fingerprint density at radius 1 is 1.62 bits per heavy atom. The zero-order chi connectivity index (χ0) is 11.7. The number of nitrogen functional groups attached to an aromatic ring is 1. The number of aromatic nitrogens is 1. The molecule has 3 N–H and O–H groups in total. The van der Waals surface area contributed by atoms with Gasteiger partial charge in [0.15, 0.2) is 0 Å². The van der Waals surface area contributed by atoms with Crippen LogP contribution in [0.25, 0.3) is 0 Å². The highest BCUT2D eigenvalue weighted by Gasteiger charge is 2.27. The summed E-state index contributed by atoms with van der Waals surface area (Å²) in [6, 6.07) is 2.24. The molecule has 0 unspecified atom stereocenters. The van der Waals surface area contributed by atoms with Crippen molar-refractivity contribution in [3.63, 3.8) is 0 Å². The van der Waals surface area contributed by atoms with Crippen LogP contribution in [-0.2, 0) is 0 Å². The first-order chi connectivity index (χ1) is 7.58. The largest absolute Gasteiger partial charge is 0.397 e. The number of carbonyl (C=O) groups excluding carboxylic acids is 1. The van der Waals surface area contributed by atoms with Crippen LogP contribution in [0.5, 0.6) is 0 Å². The summed E-state index contributed by atoms with van der Waals surface area (Å²) in [4.78, 5) is 11.9. The standard InChI is InChI=1S/C12H19N3O/c1-8(2)6-14-12(16)11-5-9(13)7-15(11)10-3-4-10/h5,7-8,10H,3-4,6,13H2,1-2H3,(H,14,16). The quantitative estimate of drug-likeness (QED) is 0.814. The Bertz CT molecular complexity index is 391. The monoisotopic (exact) mass is 221 g/mol. The van der Waals surface area contributed by atoms with E-state index in [9.17, 15) is 4.79 Å². The second-order valence-electron chi connectivity index (χ2n) is 4.90. The Morgan fingerprint density at radius 2 is 2.31 bits per heavy atom. The van der Waals surface area contributed by atoms with Crippen molar-refractivity contribution < 1.29 is 4.79 Å². The van der Waals surface area contributed by atoms with E-state index in [4.69, 9.17) is 5.73 Å². The number of rotatable bonds is 4. The summed E-state index contributed by atoms with van der Waals surface area (Å²) in [6.45, 7) is 4.86. The molecule has 1 aliphatic carbocycles. The summed E-state index contributed by atoms with van der Waals surface area (Å²) in [7, 11) is 0. The fourth-order valence-corrected chi connectivity index (χ4v) is 1.72. The highest BCUT2D eigenvalue weighted by molar-refractivity contribution is 5.93. The van der Waals surface area contributed by atoms with Gasteiger partial charge in [-0.25, -0.2) is 0 Å². The smallest absolute Gasteiger partial charge is 0.268 e. The minimum atomic E-state index is -0.0164. The Balaban J connectivity index is 2.09. The van der Waals surface area contributed by atoms with Crippen LogP contribution in [0.4, 0.5) is 5.69 Å². The van der Waals surface area contributed by atoms with E-state index < -0.39 is 0 Å². The molecule has 1 aromatic rings. The molecule has 1 heterocycles. The second kappa shape index (κ2) is 4.20. The summed E-state index contributed by atoms with van der Waals surface area (Å²) < 4.78 is 2.00. The van der Waals surface area contributed by atoms with Crippen LogP contribution in [0.1, 0.15) is 43.2 Å². The van der Waals surface area contributed by atoms with E-state index >= 15 is 0 Å². The van der Waals surface area contributed by atoms with E-state index in [1.165, 1.54) is 0 Å². The topological polar surface area (TPSA) is 60.1 Å². The minimum Gasteiger partial charge on any atom is -0.397 e. The van der Waals surface area contributed by atoms with E-state index in [0.29, 0.717) is 29.9 Å². The van der Waals surface area contributed by atoms with E-state index in [1.807, 2.05) is 10.8 Å². The fraction of sp³-hybridized carbons (Fsp3) is 0.583. The van der Waals surface area contributed by atoms with Gasteiger partial charge >= 0.3 is 0 Å². The third-order valence-corrected chi connectivity index (χ3v) is 2.71. The summed E-state index contributed by atoms with van der Waals surface area (Å²) >= 11 is 0. The van der Waals surface area contributed by atoms with Gasteiger partial charge in [0.25, 0.3) is 5.91 Å². The molecule has 1 amide bonds. The highest BCUT2D eigenvalue weighted by atomic mass is 16.1. The van der Waals surface area contributed by atoms with Crippen molar-refractivity contribution in [2.24, 2.45) is 5.92 Å². The van der Waals surface area contributed by atoms with E-state index in [-0.39, 0.29) is 5.91 Å². The molecule has 88 valence electrons. The van der Waals surface area contributed by atoms with E-state index in [1.54, 1.807) is 6.07 Å². The highest BCUT2D eigenvalue weighted by Crippen LogP contribution is 2.37. The van der Waals surface area contributed by atoms with Crippen LogP contribution in [-0.4, -0.2) is 17.0 Å². The van der Waals surface area contributed by atoms with Crippen molar-refractivity contribution in [3.8, 4) is 0 Å². The lowest BCUT2D eigenvalue weighted by molar-refractivity contribution is 0.0939. The number of nitrogens with zero attached hydrogens (tertiary/aromatic N) is 1. The number of hydrogen-bond acceptors (Lipinski definition) is 2. The van der Waals surface area contributed by atoms with Crippen LogP contribution in [0.15, 0.2) is 12.3 Å². The number of anilines is 1. The Labute approximate surface area is 95.8 Å². The third kappa shape index (κ3) is 2.38. The molecule has 1 aromatic heterocycles. The lowest BCUT2D eigenvalue weighted by Crippen LogP contribution is -2.29. The third-order valence-electron chi connectivity index (χ3n) is 2.71. The van der Waals surface area contributed by atoms with Crippen LogP contribution in [0.2, 0.25) is 0 Å². The van der Waals surface area contributed by atoms with Crippen molar-refractivity contribution in [3.05, 3.63) is 18.0 Å². The normalized spacial score (nSPS) is 15.4. The average molecular weight is 221 g/mol. The molecule has 4 heteroatoms. The molecule has 16 heavy (non-hydrogen) atoms. The van der Waals surface area contributed by atoms with Crippen LogP contribution >= 0.6 is 0 Å². The summed E-state index contributed by atoms with van der Waals surface area (Å²) in [5, 5.41) is 2.92. The maximum absolute atomic E-state index is 11.9. The molecule has 0 atom stereocenters. The van der Waals surface area contributed by atoms with Gasteiger partial charge < -0.3 is 15.6 Å². The Hall–Kier alpha value is -1.45. The molecule has 1 saturated carbocycles. The number of amides is 1. The molecule has 2 rings (SSSR count). The van der Waals surface area contributed by atoms with Crippen molar-refractivity contribution in [1.82, 2.24) is 9.88 Å². The van der Waals surface area contributed by atoms with Crippen LogP contribution < -0.4 is 11.1 Å². The number of nitrogens with one attached hydrogen (secondary N) is 1. The number of hydrogen-bond donors (Lipinski definition) is 2. The molecule has 0 spiro atoms. The molecule has 4 nitrogen and oxygen atoms in total. The molecular formula is C12H19N3O. The Morgan fingerprint density at radius 3 is 2.88 bits per heavy atom. The van der Waals surface area contributed by atoms with Crippen LogP contribution in [0.3, 0.4) is 0 Å².